The molecular weight excluding hydrogens is 707 g/mol. The van der Waals surface area contributed by atoms with Crippen LogP contribution < -0.4 is 0 Å². The molecule has 1 aliphatic rings. The normalized spacial score (nSPS) is 13.0. The fraction of sp³-hybridized carbons (Fsp3) is 0.231. The van der Waals surface area contributed by atoms with Crippen LogP contribution in [0.15, 0.2) is 84.6 Å². The molecule has 0 aliphatic heterocycles. The number of ketones is 1. The van der Waals surface area contributed by atoms with E-state index in [0.717, 1.165) is 22.3 Å². The summed E-state index contributed by atoms with van der Waals surface area (Å²) in [6.45, 7) is 16.1. The zero-order valence-electron chi connectivity index (χ0n) is 26.1. The number of fused-ring (bicyclic) bond motifs is 4. The second kappa shape index (κ2) is 12.4. The van der Waals surface area contributed by atoms with Gasteiger partial charge in [-0.1, -0.05) is 87.4 Å². The molecule has 6 rings (SSSR count). The number of carbonyl (C=O) groups is 1. The van der Waals surface area contributed by atoms with Crippen LogP contribution in [0.2, 0.25) is 0 Å². The number of hydrogen-bond acceptors (Lipinski definition) is 3. The van der Waals surface area contributed by atoms with Crippen molar-refractivity contribution in [3.63, 3.8) is 0 Å². The monoisotopic (exact) mass is 745 g/mol. The predicted octanol–water partition coefficient (Wildman–Crippen LogP) is 9.94. The minimum Gasteiger partial charge on any atom is -0.512 e. The third-order valence-corrected chi connectivity index (χ3v) is 7.88. The fourth-order valence-electron chi connectivity index (χ4n) is 6.26. The van der Waals surface area contributed by atoms with Gasteiger partial charge in [-0.3, -0.25) is 9.78 Å². The molecule has 4 aromatic carbocycles. The van der Waals surface area contributed by atoms with Gasteiger partial charge in [-0.15, -0.1) is 34.9 Å². The van der Waals surface area contributed by atoms with E-state index in [1.165, 1.54) is 75.4 Å². The van der Waals surface area contributed by atoms with Crippen molar-refractivity contribution in [2.75, 3.05) is 0 Å². The van der Waals surface area contributed by atoms with Crippen LogP contribution in [-0.4, -0.2) is 15.9 Å². The standard InChI is InChI=1S/C34H30N.C5H8O2.Ir/c1-20-11-21(2)14-24(13-20)27-18-32(25-15-22(3)12-23(4)16-25)35-33-19-31-28(17-29(27)33)26-9-7-8-10-30(26)34(31,5)6;1-4(6)3-5(2)7;/h7-15,17-19H,1-6H3;3,6H,1-2H3;/q-1;;/b;4-3-;. The average molecular weight is 745 g/mol. The second-order valence-corrected chi connectivity index (χ2v) is 12.2. The molecule has 0 saturated heterocycles. The van der Waals surface area contributed by atoms with Crippen LogP contribution in [0.1, 0.15) is 61.1 Å². The molecule has 221 valence electrons. The molecule has 0 fully saturated rings. The maximum absolute atomic E-state index is 10.0. The summed E-state index contributed by atoms with van der Waals surface area (Å²) in [6.07, 6.45) is 1.17. The van der Waals surface area contributed by atoms with E-state index < -0.39 is 0 Å². The van der Waals surface area contributed by atoms with Crippen LogP contribution in [0.5, 0.6) is 0 Å². The van der Waals surface area contributed by atoms with Crippen LogP contribution >= 0.6 is 0 Å². The van der Waals surface area contributed by atoms with Gasteiger partial charge in [0.15, 0.2) is 5.78 Å². The second-order valence-electron chi connectivity index (χ2n) is 12.2. The molecule has 0 amide bonds. The molecule has 5 aromatic rings. The van der Waals surface area contributed by atoms with Gasteiger partial charge in [-0.25, -0.2) is 0 Å². The van der Waals surface area contributed by atoms with Gasteiger partial charge in [0.2, 0.25) is 0 Å². The van der Waals surface area contributed by atoms with Crippen molar-refractivity contribution in [3.05, 3.63) is 124 Å². The number of nitrogens with zero attached hydrogens (tertiary/aromatic N) is 1. The first kappa shape index (κ1) is 32.1. The zero-order valence-corrected chi connectivity index (χ0v) is 28.5. The van der Waals surface area contributed by atoms with Crippen LogP contribution in [0.4, 0.5) is 0 Å². The largest absolute Gasteiger partial charge is 0.512 e. The Bertz CT molecular complexity index is 1850. The summed E-state index contributed by atoms with van der Waals surface area (Å²) in [4.78, 5) is 15.3. The van der Waals surface area contributed by atoms with Crippen molar-refractivity contribution in [1.82, 2.24) is 4.98 Å². The maximum atomic E-state index is 10.0. The van der Waals surface area contributed by atoms with E-state index in [2.05, 4.69) is 120 Å². The number of carbonyl (C=O) groups excluding carboxylic acids is 1. The minimum absolute atomic E-state index is 0. The van der Waals surface area contributed by atoms with Gasteiger partial charge in [0.1, 0.15) is 0 Å². The molecule has 4 heteroatoms. The molecule has 0 unspecified atom stereocenters. The molecule has 0 saturated carbocycles. The average Bonchev–Trinajstić information content (AvgIpc) is 3.11. The van der Waals surface area contributed by atoms with Gasteiger partial charge in [-0.2, -0.15) is 0 Å². The zero-order chi connectivity index (χ0) is 30.3. The van der Waals surface area contributed by atoms with Crippen LogP contribution in [-0.2, 0) is 30.3 Å². The van der Waals surface area contributed by atoms with E-state index >= 15 is 0 Å². The Labute approximate surface area is 269 Å². The van der Waals surface area contributed by atoms with Crippen molar-refractivity contribution in [1.29, 1.82) is 0 Å². The van der Waals surface area contributed by atoms with Crippen molar-refractivity contribution in [2.24, 2.45) is 0 Å². The van der Waals surface area contributed by atoms with Gasteiger partial charge < -0.3 is 5.11 Å². The Morgan fingerprint density at radius 2 is 1.44 bits per heavy atom. The van der Waals surface area contributed by atoms with Crippen molar-refractivity contribution < 1.29 is 30.0 Å². The molecule has 1 aromatic heterocycles. The predicted molar refractivity (Wildman–Crippen MR) is 175 cm³/mol. The Balaban J connectivity index is 0.000000475. The molecule has 0 bridgehead atoms. The molecule has 0 atom stereocenters. The van der Waals surface area contributed by atoms with Crippen molar-refractivity contribution in [3.8, 4) is 33.5 Å². The first-order valence-corrected chi connectivity index (χ1v) is 14.4. The van der Waals surface area contributed by atoms with Gasteiger partial charge >= 0.3 is 0 Å². The fourth-order valence-corrected chi connectivity index (χ4v) is 6.26. The quantitative estimate of drug-likeness (QED) is 0.114. The number of benzene rings is 4. The Morgan fingerprint density at radius 3 is 2.05 bits per heavy atom. The van der Waals surface area contributed by atoms with Crippen LogP contribution in [0, 0.1) is 33.8 Å². The number of aliphatic hydroxyl groups is 1. The molecule has 3 nitrogen and oxygen atoms in total. The number of pyridine rings is 1. The van der Waals surface area contributed by atoms with E-state index in [0.29, 0.717) is 0 Å². The molecular formula is C39H38IrNO2-. The summed E-state index contributed by atoms with van der Waals surface area (Å²) >= 11 is 0. The molecule has 1 N–H and O–H groups in total. The third kappa shape index (κ3) is 6.56. The Hall–Kier alpha value is -3.85. The number of rotatable bonds is 3. The van der Waals surface area contributed by atoms with E-state index in [9.17, 15) is 4.79 Å². The van der Waals surface area contributed by atoms with E-state index in [1.807, 2.05) is 0 Å². The Morgan fingerprint density at radius 1 is 0.791 bits per heavy atom. The van der Waals surface area contributed by atoms with Crippen molar-refractivity contribution in [2.45, 2.75) is 60.8 Å². The van der Waals surface area contributed by atoms with Crippen LogP contribution in [0.3, 0.4) is 0 Å². The van der Waals surface area contributed by atoms with Crippen molar-refractivity contribution >= 4 is 16.7 Å². The summed E-state index contributed by atoms with van der Waals surface area (Å²) in [5.41, 5.74) is 15.8. The summed E-state index contributed by atoms with van der Waals surface area (Å²) in [5, 5.41) is 9.57. The van der Waals surface area contributed by atoms with Crippen LogP contribution in [0.25, 0.3) is 44.4 Å². The number of aromatic nitrogens is 1. The van der Waals surface area contributed by atoms with Gasteiger partial charge in [-0.05, 0) is 78.9 Å². The molecule has 1 radical (unpaired) electrons. The molecule has 1 aliphatic carbocycles. The first-order valence-electron chi connectivity index (χ1n) is 14.4. The summed E-state index contributed by atoms with van der Waals surface area (Å²) in [7, 11) is 0. The summed E-state index contributed by atoms with van der Waals surface area (Å²) in [5.74, 6) is -0.0625. The third-order valence-electron chi connectivity index (χ3n) is 7.88. The number of aryl methyl sites for hydroxylation is 4. The van der Waals surface area contributed by atoms with Gasteiger partial charge in [0.25, 0.3) is 0 Å². The number of aliphatic hydroxyl groups excluding tert-OH is 1. The topological polar surface area (TPSA) is 50.2 Å². The minimum atomic E-state index is -0.125. The molecule has 1 heterocycles. The summed E-state index contributed by atoms with van der Waals surface area (Å²) in [6, 6.07) is 30.6. The smallest absolute Gasteiger partial charge is 0.155 e. The first-order chi connectivity index (χ1) is 19.8. The van der Waals surface area contributed by atoms with Gasteiger partial charge in [0, 0.05) is 37.0 Å². The molecule has 0 spiro atoms. The van der Waals surface area contributed by atoms with E-state index in [1.54, 1.807) is 0 Å². The molecule has 43 heavy (non-hydrogen) atoms. The van der Waals surface area contributed by atoms with Gasteiger partial charge in [0.05, 0.1) is 11.3 Å². The Kier molecular flexibility index (Phi) is 9.25. The van der Waals surface area contributed by atoms with E-state index in [-0.39, 0.29) is 37.1 Å². The number of hydrogen-bond donors (Lipinski definition) is 1. The van der Waals surface area contributed by atoms with E-state index in [4.69, 9.17) is 10.1 Å². The number of allylic oxidation sites excluding steroid dienone is 2. The maximum Gasteiger partial charge on any atom is 0.155 e. The SMILES string of the molecule is CC(=O)/C=C(/C)O.Cc1[c-]c(-c2cc(-c3cc(C)cc(C)c3)c3cc4c(cc3n2)C(C)(C)c2ccccc2-4)cc(C)c1.[Ir]. The summed E-state index contributed by atoms with van der Waals surface area (Å²) < 4.78 is 0.